The lowest BCUT2D eigenvalue weighted by Gasteiger charge is -2.46. The van der Waals surface area contributed by atoms with Crippen molar-refractivity contribution in [2.75, 3.05) is 59.4 Å². The first-order chi connectivity index (χ1) is 10.8. The van der Waals surface area contributed by atoms with E-state index in [1.54, 1.807) is 0 Å². The van der Waals surface area contributed by atoms with Crippen LogP contribution in [-0.4, -0.2) is 86.2 Å². The molecule has 3 atom stereocenters. The molecule has 0 radical (unpaired) electrons. The Bertz CT molecular complexity index is 327. The lowest BCUT2D eigenvalue weighted by molar-refractivity contribution is 0.0348. The van der Waals surface area contributed by atoms with Crippen LogP contribution in [0, 0.1) is 5.92 Å². The fourth-order valence-corrected chi connectivity index (χ4v) is 4.75. The molecule has 3 unspecified atom stereocenters. The minimum Gasteiger partial charge on any atom is -0.315 e. The summed E-state index contributed by atoms with van der Waals surface area (Å²) in [7, 11) is 2.26. The molecule has 3 aliphatic heterocycles. The normalized spacial score (nSPS) is 36.5. The standard InChI is InChI=1S/C18H36N4/c1-3-17-6-4-5-9-22(17)15-16-7-8-19-14-18(16)21-12-10-20(2)11-13-21/h16-19H,3-15H2,1-2H3. The number of likely N-dealkylation sites (N-methyl/N-ethyl adjacent to an activating group) is 1. The Morgan fingerprint density at radius 3 is 2.59 bits per heavy atom. The van der Waals surface area contributed by atoms with E-state index in [-0.39, 0.29) is 0 Å². The van der Waals surface area contributed by atoms with Crippen molar-refractivity contribution in [3.05, 3.63) is 0 Å². The lowest BCUT2D eigenvalue weighted by atomic mass is 9.88. The molecule has 3 saturated heterocycles. The summed E-state index contributed by atoms with van der Waals surface area (Å²) in [4.78, 5) is 8.09. The number of hydrogen-bond donors (Lipinski definition) is 1. The van der Waals surface area contributed by atoms with Crippen molar-refractivity contribution in [3.8, 4) is 0 Å². The van der Waals surface area contributed by atoms with E-state index in [1.165, 1.54) is 84.5 Å². The van der Waals surface area contributed by atoms with Gasteiger partial charge in [0.1, 0.15) is 0 Å². The van der Waals surface area contributed by atoms with E-state index in [1.807, 2.05) is 0 Å². The van der Waals surface area contributed by atoms with Gasteiger partial charge in [0, 0.05) is 51.4 Å². The van der Waals surface area contributed by atoms with Crippen molar-refractivity contribution < 1.29 is 0 Å². The molecule has 0 aliphatic carbocycles. The van der Waals surface area contributed by atoms with Crippen molar-refractivity contribution in [1.29, 1.82) is 0 Å². The van der Waals surface area contributed by atoms with Crippen LogP contribution in [0.3, 0.4) is 0 Å². The molecule has 4 nitrogen and oxygen atoms in total. The van der Waals surface area contributed by atoms with Gasteiger partial charge in [0.2, 0.25) is 0 Å². The first kappa shape index (κ1) is 16.7. The van der Waals surface area contributed by atoms with Crippen molar-refractivity contribution >= 4 is 0 Å². The first-order valence-electron chi connectivity index (χ1n) is 9.65. The molecular formula is C18H36N4. The van der Waals surface area contributed by atoms with Gasteiger partial charge in [-0.2, -0.15) is 0 Å². The zero-order chi connectivity index (χ0) is 15.4. The van der Waals surface area contributed by atoms with Crippen LogP contribution in [0.5, 0.6) is 0 Å². The van der Waals surface area contributed by atoms with E-state index in [4.69, 9.17) is 0 Å². The minimum absolute atomic E-state index is 0.766. The zero-order valence-corrected chi connectivity index (χ0v) is 14.8. The molecule has 1 N–H and O–H groups in total. The molecule has 0 bridgehead atoms. The molecule has 0 saturated carbocycles. The van der Waals surface area contributed by atoms with Gasteiger partial charge in [0.05, 0.1) is 0 Å². The van der Waals surface area contributed by atoms with Crippen LogP contribution < -0.4 is 5.32 Å². The molecule has 22 heavy (non-hydrogen) atoms. The quantitative estimate of drug-likeness (QED) is 0.849. The second kappa shape index (κ2) is 8.09. The molecule has 0 aromatic rings. The predicted molar refractivity (Wildman–Crippen MR) is 93.3 cm³/mol. The maximum atomic E-state index is 3.66. The number of rotatable bonds is 4. The average Bonchev–Trinajstić information content (AvgIpc) is 2.57. The Balaban J connectivity index is 1.59. The maximum absolute atomic E-state index is 3.66. The van der Waals surface area contributed by atoms with Crippen LogP contribution in [0.25, 0.3) is 0 Å². The molecule has 3 heterocycles. The summed E-state index contributed by atoms with van der Waals surface area (Å²) in [5.41, 5.74) is 0. The number of hydrogen-bond acceptors (Lipinski definition) is 4. The maximum Gasteiger partial charge on any atom is 0.0262 e. The molecule has 0 aromatic heterocycles. The van der Waals surface area contributed by atoms with E-state index in [0.29, 0.717) is 0 Å². The van der Waals surface area contributed by atoms with Gasteiger partial charge >= 0.3 is 0 Å². The van der Waals surface area contributed by atoms with Gasteiger partial charge in [-0.25, -0.2) is 0 Å². The Labute approximate surface area is 137 Å². The fourth-order valence-electron chi connectivity index (χ4n) is 4.75. The molecule has 128 valence electrons. The highest BCUT2D eigenvalue weighted by Gasteiger charge is 2.34. The lowest BCUT2D eigenvalue weighted by Crippen LogP contribution is -2.59. The van der Waals surface area contributed by atoms with Crippen LogP contribution in [0.1, 0.15) is 39.0 Å². The number of piperazine rings is 1. The molecule has 3 rings (SSSR count). The smallest absolute Gasteiger partial charge is 0.0262 e. The summed E-state index contributed by atoms with van der Waals surface area (Å²) in [6, 6.07) is 1.62. The highest BCUT2D eigenvalue weighted by atomic mass is 15.3. The third-order valence-electron chi connectivity index (χ3n) is 6.29. The third kappa shape index (κ3) is 4.02. The largest absolute Gasteiger partial charge is 0.315 e. The second-order valence-corrected chi connectivity index (χ2v) is 7.71. The topological polar surface area (TPSA) is 21.8 Å². The van der Waals surface area contributed by atoms with Crippen molar-refractivity contribution in [2.24, 2.45) is 5.92 Å². The molecule has 0 aromatic carbocycles. The van der Waals surface area contributed by atoms with E-state index >= 15 is 0 Å². The molecule has 0 amide bonds. The van der Waals surface area contributed by atoms with Crippen LogP contribution in [-0.2, 0) is 0 Å². The first-order valence-corrected chi connectivity index (χ1v) is 9.65. The number of piperidine rings is 2. The van der Waals surface area contributed by atoms with Crippen LogP contribution >= 0.6 is 0 Å². The average molecular weight is 309 g/mol. The Morgan fingerprint density at radius 2 is 1.82 bits per heavy atom. The van der Waals surface area contributed by atoms with Gasteiger partial charge in [-0.1, -0.05) is 13.3 Å². The summed E-state index contributed by atoms with van der Waals surface area (Å²) >= 11 is 0. The second-order valence-electron chi connectivity index (χ2n) is 7.71. The summed E-state index contributed by atoms with van der Waals surface area (Å²) in [5, 5.41) is 3.66. The highest BCUT2D eigenvalue weighted by Crippen LogP contribution is 2.26. The number of nitrogens with one attached hydrogen (secondary N) is 1. The van der Waals surface area contributed by atoms with Gasteiger partial charge in [-0.3, -0.25) is 4.90 Å². The monoisotopic (exact) mass is 308 g/mol. The van der Waals surface area contributed by atoms with E-state index in [9.17, 15) is 0 Å². The summed E-state index contributed by atoms with van der Waals surface area (Å²) < 4.78 is 0. The highest BCUT2D eigenvalue weighted by molar-refractivity contribution is 4.91. The minimum atomic E-state index is 0.766. The zero-order valence-electron chi connectivity index (χ0n) is 14.8. The van der Waals surface area contributed by atoms with E-state index < -0.39 is 0 Å². The van der Waals surface area contributed by atoms with Gasteiger partial charge in [-0.05, 0) is 51.7 Å². The van der Waals surface area contributed by atoms with Crippen LogP contribution in [0.2, 0.25) is 0 Å². The third-order valence-corrected chi connectivity index (χ3v) is 6.29. The molecule has 3 aliphatic rings. The molecule has 4 heteroatoms. The fraction of sp³-hybridized carbons (Fsp3) is 1.00. The summed E-state index contributed by atoms with van der Waals surface area (Å²) in [6.07, 6.45) is 7.00. The number of nitrogens with zero attached hydrogens (tertiary/aromatic N) is 3. The molecule has 3 fully saturated rings. The van der Waals surface area contributed by atoms with Crippen LogP contribution in [0.4, 0.5) is 0 Å². The molecule has 0 spiro atoms. The van der Waals surface area contributed by atoms with Crippen molar-refractivity contribution in [1.82, 2.24) is 20.0 Å². The predicted octanol–water partition coefficient (Wildman–Crippen LogP) is 1.48. The van der Waals surface area contributed by atoms with Gasteiger partial charge in [0.25, 0.3) is 0 Å². The number of likely N-dealkylation sites (tertiary alicyclic amines) is 1. The Morgan fingerprint density at radius 1 is 1.00 bits per heavy atom. The van der Waals surface area contributed by atoms with E-state index in [2.05, 4.69) is 34.0 Å². The van der Waals surface area contributed by atoms with Gasteiger partial charge in [0.15, 0.2) is 0 Å². The van der Waals surface area contributed by atoms with E-state index in [0.717, 1.165) is 18.0 Å². The van der Waals surface area contributed by atoms with Crippen molar-refractivity contribution in [3.63, 3.8) is 0 Å². The Kier molecular flexibility index (Phi) is 6.14. The Hall–Kier alpha value is -0.160. The summed E-state index contributed by atoms with van der Waals surface area (Å²) in [6.45, 7) is 12.5. The van der Waals surface area contributed by atoms with Gasteiger partial charge < -0.3 is 15.1 Å². The molecular weight excluding hydrogens is 272 g/mol. The summed E-state index contributed by atoms with van der Waals surface area (Å²) in [5.74, 6) is 0.872. The van der Waals surface area contributed by atoms with Crippen LogP contribution in [0.15, 0.2) is 0 Å². The van der Waals surface area contributed by atoms with Crippen molar-refractivity contribution in [2.45, 2.75) is 51.1 Å². The van der Waals surface area contributed by atoms with Gasteiger partial charge in [-0.15, -0.1) is 0 Å². The SMILES string of the molecule is CCC1CCCCN1CC1CCNCC1N1CCN(C)CC1.